The van der Waals surface area contributed by atoms with Crippen LogP contribution in [0.1, 0.15) is 43.9 Å². The number of thiazole rings is 1. The lowest BCUT2D eigenvalue weighted by atomic mass is 9.93. The molecule has 0 saturated carbocycles. The van der Waals surface area contributed by atoms with Gasteiger partial charge in [0, 0.05) is 10.6 Å². The summed E-state index contributed by atoms with van der Waals surface area (Å²) in [6.45, 7) is 8.06. The standard InChI is InChI=1S/C29H27ClI2N2O5S/c1-5-8-21-24(28(36)38-7-3)25(18-15-17(30)9-10-22(18)37-4)34-27(35)23(40-29(34)33-21)14-16-12-19(31)26(20(32)13-16)39-11-6-2/h6,9-10,12-15,25H,2,5,7-8,11H2,1,3-4H3/b23-14+/t25-/m0/s1. The van der Waals surface area contributed by atoms with Crippen LogP contribution >= 0.6 is 68.1 Å². The Morgan fingerprint density at radius 2 is 1.95 bits per heavy atom. The van der Waals surface area contributed by atoms with Crippen molar-refractivity contribution in [3.05, 3.63) is 97.2 Å². The number of rotatable bonds is 10. The number of carbonyl (C=O) groups excluding carboxylic acids is 1. The summed E-state index contributed by atoms with van der Waals surface area (Å²) >= 11 is 12.1. The molecule has 0 fully saturated rings. The van der Waals surface area contributed by atoms with Crippen LogP contribution in [0.2, 0.25) is 5.02 Å². The zero-order chi connectivity index (χ0) is 29.0. The maximum atomic E-state index is 14.0. The van der Waals surface area contributed by atoms with Gasteiger partial charge < -0.3 is 14.2 Å². The van der Waals surface area contributed by atoms with Crippen LogP contribution in [0.3, 0.4) is 0 Å². The molecule has 40 heavy (non-hydrogen) atoms. The average molecular weight is 805 g/mol. The largest absolute Gasteiger partial charge is 0.496 e. The fourth-order valence-corrected chi connectivity index (χ4v) is 7.76. The molecular formula is C29H27ClI2N2O5S. The Labute approximate surface area is 268 Å². The van der Waals surface area contributed by atoms with Gasteiger partial charge in [0.05, 0.1) is 36.7 Å². The number of methoxy groups -OCH3 is 1. The molecule has 210 valence electrons. The lowest BCUT2D eigenvalue weighted by Gasteiger charge is -2.27. The molecule has 3 aromatic rings. The van der Waals surface area contributed by atoms with Crippen LogP contribution in [-0.2, 0) is 9.53 Å². The zero-order valence-electron chi connectivity index (χ0n) is 22.1. The Kier molecular flexibility index (Phi) is 10.5. The molecule has 0 aliphatic carbocycles. The number of carbonyl (C=O) groups is 1. The number of halogens is 3. The molecule has 2 aromatic carbocycles. The number of allylic oxidation sites excluding steroid dienone is 1. The molecule has 1 atom stereocenters. The SMILES string of the molecule is C=CCOc1c(I)cc(/C=c2/sc3n(c2=O)[C@@H](c2cc(Cl)ccc2OC)C(C(=O)OCC)=C(CCC)N=3)cc1I. The smallest absolute Gasteiger partial charge is 0.338 e. The third-order valence-electron chi connectivity index (χ3n) is 6.04. The van der Waals surface area contributed by atoms with E-state index in [-0.39, 0.29) is 12.2 Å². The minimum Gasteiger partial charge on any atom is -0.496 e. The lowest BCUT2D eigenvalue weighted by Crippen LogP contribution is -2.40. The first-order valence-corrected chi connectivity index (χ1v) is 15.9. The summed E-state index contributed by atoms with van der Waals surface area (Å²) in [5.74, 6) is 0.758. The summed E-state index contributed by atoms with van der Waals surface area (Å²) in [6.07, 6.45) is 4.84. The molecule has 2 heterocycles. The van der Waals surface area contributed by atoms with Gasteiger partial charge in [0.1, 0.15) is 24.1 Å². The van der Waals surface area contributed by atoms with Crippen LogP contribution in [0.25, 0.3) is 6.08 Å². The number of nitrogens with zero attached hydrogens (tertiary/aromatic N) is 2. The number of fused-ring (bicyclic) bond motifs is 1. The number of aromatic nitrogens is 1. The van der Waals surface area contributed by atoms with Crippen LogP contribution < -0.4 is 24.4 Å². The Morgan fingerprint density at radius 1 is 1.23 bits per heavy atom. The second-order valence-corrected chi connectivity index (χ2v) is 12.5. The van der Waals surface area contributed by atoms with Gasteiger partial charge in [-0.25, -0.2) is 9.79 Å². The van der Waals surface area contributed by atoms with E-state index in [0.29, 0.717) is 50.0 Å². The molecule has 7 nitrogen and oxygen atoms in total. The molecule has 1 aliphatic heterocycles. The minimum atomic E-state index is -0.817. The number of benzene rings is 2. The third kappa shape index (κ3) is 6.34. The highest BCUT2D eigenvalue weighted by molar-refractivity contribution is 14.1. The summed E-state index contributed by atoms with van der Waals surface area (Å²) in [5.41, 5.74) is 2.07. The van der Waals surface area contributed by atoms with Crippen molar-refractivity contribution in [2.45, 2.75) is 32.7 Å². The van der Waals surface area contributed by atoms with Gasteiger partial charge in [0.2, 0.25) is 0 Å². The number of hydrogen-bond donors (Lipinski definition) is 0. The summed E-state index contributed by atoms with van der Waals surface area (Å²) in [5, 5.41) is 0.457. The predicted molar refractivity (Wildman–Crippen MR) is 175 cm³/mol. The van der Waals surface area contributed by atoms with Crippen LogP contribution in [-0.4, -0.2) is 30.9 Å². The van der Waals surface area contributed by atoms with Gasteiger partial charge in [-0.2, -0.15) is 0 Å². The second-order valence-electron chi connectivity index (χ2n) is 8.71. The summed E-state index contributed by atoms with van der Waals surface area (Å²) in [7, 11) is 1.54. The molecule has 0 unspecified atom stereocenters. The summed E-state index contributed by atoms with van der Waals surface area (Å²) in [6, 6.07) is 8.27. The molecule has 0 radical (unpaired) electrons. The number of hydrogen-bond acceptors (Lipinski definition) is 7. The highest BCUT2D eigenvalue weighted by atomic mass is 127. The highest BCUT2D eigenvalue weighted by Crippen LogP contribution is 2.38. The molecule has 0 saturated heterocycles. The Hall–Kier alpha value is -2.16. The van der Waals surface area contributed by atoms with Gasteiger partial charge in [-0.15, -0.1) is 0 Å². The van der Waals surface area contributed by atoms with E-state index >= 15 is 0 Å². The first-order valence-electron chi connectivity index (χ1n) is 12.5. The maximum Gasteiger partial charge on any atom is 0.338 e. The van der Waals surface area contributed by atoms with Gasteiger partial charge in [0.25, 0.3) is 5.56 Å². The molecule has 0 amide bonds. The van der Waals surface area contributed by atoms with Crippen LogP contribution in [0.5, 0.6) is 11.5 Å². The van der Waals surface area contributed by atoms with E-state index in [0.717, 1.165) is 24.9 Å². The van der Waals surface area contributed by atoms with E-state index in [2.05, 4.69) is 51.8 Å². The molecule has 0 N–H and O–H groups in total. The topological polar surface area (TPSA) is 79.1 Å². The number of esters is 1. The van der Waals surface area contributed by atoms with Gasteiger partial charge in [-0.05, 0) is 100 Å². The van der Waals surface area contributed by atoms with E-state index in [9.17, 15) is 9.59 Å². The fraction of sp³-hybridized carbons (Fsp3) is 0.276. The Bertz CT molecular complexity index is 1660. The van der Waals surface area contributed by atoms with Crippen LogP contribution in [0.4, 0.5) is 0 Å². The van der Waals surface area contributed by atoms with Crippen molar-refractivity contribution >= 4 is 80.2 Å². The fourth-order valence-electron chi connectivity index (χ4n) is 4.43. The molecule has 11 heteroatoms. The number of ether oxygens (including phenoxy) is 3. The quantitative estimate of drug-likeness (QED) is 0.143. The molecule has 0 spiro atoms. The molecule has 1 aliphatic rings. The third-order valence-corrected chi connectivity index (χ3v) is 8.86. The van der Waals surface area contributed by atoms with Crippen molar-refractivity contribution in [1.82, 2.24) is 4.57 Å². The van der Waals surface area contributed by atoms with E-state index in [4.69, 9.17) is 30.8 Å². The van der Waals surface area contributed by atoms with Crippen molar-refractivity contribution in [2.75, 3.05) is 20.3 Å². The first kappa shape index (κ1) is 30.8. The predicted octanol–water partition coefficient (Wildman–Crippen LogP) is 6.01. The Morgan fingerprint density at radius 3 is 2.58 bits per heavy atom. The van der Waals surface area contributed by atoms with Crippen molar-refractivity contribution in [3.63, 3.8) is 0 Å². The molecule has 4 rings (SSSR count). The van der Waals surface area contributed by atoms with Crippen molar-refractivity contribution < 1.29 is 19.0 Å². The van der Waals surface area contributed by atoms with Crippen molar-refractivity contribution in [2.24, 2.45) is 4.99 Å². The van der Waals surface area contributed by atoms with E-state index < -0.39 is 12.0 Å². The zero-order valence-corrected chi connectivity index (χ0v) is 28.0. The first-order chi connectivity index (χ1) is 19.2. The second kappa shape index (κ2) is 13.7. The highest BCUT2D eigenvalue weighted by Gasteiger charge is 2.36. The van der Waals surface area contributed by atoms with Crippen molar-refractivity contribution in [3.8, 4) is 11.5 Å². The monoisotopic (exact) mass is 804 g/mol. The molecule has 0 bridgehead atoms. The van der Waals surface area contributed by atoms with Gasteiger partial charge in [-0.3, -0.25) is 9.36 Å². The maximum absolute atomic E-state index is 14.0. The van der Waals surface area contributed by atoms with E-state index in [1.54, 1.807) is 42.9 Å². The van der Waals surface area contributed by atoms with Crippen molar-refractivity contribution in [1.29, 1.82) is 0 Å². The van der Waals surface area contributed by atoms with E-state index in [1.807, 2.05) is 25.1 Å². The summed E-state index contributed by atoms with van der Waals surface area (Å²) < 4.78 is 20.8. The normalized spacial score (nSPS) is 14.9. The van der Waals surface area contributed by atoms with Gasteiger partial charge in [-0.1, -0.05) is 48.9 Å². The van der Waals surface area contributed by atoms with Crippen LogP contribution in [0, 0.1) is 7.14 Å². The van der Waals surface area contributed by atoms with Gasteiger partial charge in [0.15, 0.2) is 4.80 Å². The molecular weight excluding hydrogens is 778 g/mol. The lowest BCUT2D eigenvalue weighted by molar-refractivity contribution is -0.139. The summed E-state index contributed by atoms with van der Waals surface area (Å²) in [4.78, 5) is 32.8. The van der Waals surface area contributed by atoms with Gasteiger partial charge >= 0.3 is 5.97 Å². The van der Waals surface area contributed by atoms with Crippen LogP contribution in [0.15, 0.2) is 64.0 Å². The van der Waals surface area contributed by atoms with E-state index in [1.165, 1.54) is 11.3 Å². The molecule has 1 aromatic heterocycles. The minimum absolute atomic E-state index is 0.190. The average Bonchev–Trinajstić information content (AvgIpc) is 3.22. The Balaban J connectivity index is 1.99.